The number of phenols is 1. The van der Waals surface area contributed by atoms with E-state index in [1.54, 1.807) is 24.3 Å². The Hall–Kier alpha value is -1.60. The molecular weight excluding hydrogens is 252 g/mol. The van der Waals surface area contributed by atoms with E-state index in [-0.39, 0.29) is 5.75 Å². The van der Waals surface area contributed by atoms with Crippen molar-refractivity contribution in [1.82, 2.24) is 0 Å². The van der Waals surface area contributed by atoms with Crippen molar-refractivity contribution < 1.29 is 31.4 Å². The quantitative estimate of drug-likeness (QED) is 0.463. The van der Waals surface area contributed by atoms with E-state index in [0.717, 1.165) is 0 Å². The van der Waals surface area contributed by atoms with Crippen LogP contribution in [-0.4, -0.2) is 23.9 Å². The van der Waals surface area contributed by atoms with Crippen LogP contribution in [0.1, 0.15) is 0 Å². The number of aromatic hydroxyl groups is 1. The molecule has 0 bridgehead atoms. The summed E-state index contributed by atoms with van der Waals surface area (Å²) >= 11 is 0. The summed E-state index contributed by atoms with van der Waals surface area (Å²) in [6.07, 6.45) is -5.76. The smallest absolute Gasteiger partial charge is 0.456 e. The van der Waals surface area contributed by atoms with E-state index in [1.807, 2.05) is 0 Å². The van der Waals surface area contributed by atoms with Gasteiger partial charge in [0.2, 0.25) is 0 Å². The highest BCUT2D eigenvalue weighted by atomic mass is 19.4. The number of rotatable bonds is 1. The molecule has 2 nitrogen and oxygen atoms in total. The first-order valence-corrected chi connectivity index (χ1v) is 4.16. The van der Waals surface area contributed by atoms with Gasteiger partial charge in [0.1, 0.15) is 5.75 Å². The minimum Gasteiger partial charge on any atom is -0.506 e. The number of phenolic OH excluding ortho intramolecular Hbond substituents is 1. The first-order chi connectivity index (χ1) is 7.62. The zero-order valence-electron chi connectivity index (χ0n) is 8.31. The zero-order chi connectivity index (χ0) is 13.7. The second-order valence-electron chi connectivity index (χ2n) is 2.89. The van der Waals surface area contributed by atoms with Gasteiger partial charge in [-0.3, -0.25) is 0 Å². The molecule has 0 fully saturated rings. The van der Waals surface area contributed by atoms with E-state index < -0.39 is 18.8 Å². The van der Waals surface area contributed by atoms with Gasteiger partial charge in [0, 0.05) is 0 Å². The lowest BCUT2D eigenvalue weighted by molar-refractivity contribution is -0.286. The Morgan fingerprint density at radius 2 is 1.53 bits per heavy atom. The van der Waals surface area contributed by atoms with Gasteiger partial charge in [-0.1, -0.05) is 12.1 Å². The number of nitrogens with two attached hydrogens (primary N) is 1. The normalized spacial score (nSPS) is 11.6. The summed E-state index contributed by atoms with van der Waals surface area (Å²) in [4.78, 5) is 0. The van der Waals surface area contributed by atoms with Crippen molar-refractivity contribution in [3.05, 3.63) is 24.3 Å². The molecule has 3 N–H and O–H groups in total. The van der Waals surface area contributed by atoms with Crippen LogP contribution >= 0.6 is 0 Å². The van der Waals surface area contributed by atoms with Crippen LogP contribution in [-0.2, 0) is 0 Å². The molecule has 0 aliphatic rings. The summed E-state index contributed by atoms with van der Waals surface area (Å²) in [5.41, 5.74) is 5.69. The number of benzene rings is 1. The average Bonchev–Trinajstić information content (AvgIpc) is 2.22. The van der Waals surface area contributed by atoms with Crippen molar-refractivity contribution in [1.29, 1.82) is 0 Å². The molecule has 0 saturated carbocycles. The Labute approximate surface area is 92.7 Å². The SMILES string of the molecule is FCC(F)(F)C(F)(F)F.Nc1ccccc1O. The average molecular weight is 261 g/mol. The number of alkyl halides is 6. The lowest BCUT2D eigenvalue weighted by atomic mass is 10.3. The third kappa shape index (κ3) is 4.83. The Morgan fingerprint density at radius 1 is 1.06 bits per heavy atom. The van der Waals surface area contributed by atoms with Crippen molar-refractivity contribution >= 4 is 5.69 Å². The Bertz CT molecular complexity index is 331. The van der Waals surface area contributed by atoms with Gasteiger partial charge in [-0.05, 0) is 12.1 Å². The molecule has 98 valence electrons. The Kier molecular flexibility index (Phi) is 5.11. The second-order valence-corrected chi connectivity index (χ2v) is 2.89. The fourth-order valence-electron chi connectivity index (χ4n) is 0.563. The number of halogens is 6. The highest BCUT2D eigenvalue weighted by Gasteiger charge is 2.57. The first-order valence-electron chi connectivity index (χ1n) is 4.16. The minimum atomic E-state index is -5.76. The summed E-state index contributed by atoms with van der Waals surface area (Å²) in [6.45, 7) is -2.70. The largest absolute Gasteiger partial charge is 0.506 e. The van der Waals surface area contributed by atoms with Gasteiger partial charge >= 0.3 is 12.1 Å². The fraction of sp³-hybridized carbons (Fsp3) is 0.333. The molecule has 0 aromatic heterocycles. The van der Waals surface area contributed by atoms with E-state index in [9.17, 15) is 26.3 Å². The first kappa shape index (κ1) is 15.4. The van der Waals surface area contributed by atoms with Gasteiger partial charge in [0.15, 0.2) is 6.67 Å². The molecule has 0 aliphatic carbocycles. The second kappa shape index (κ2) is 5.65. The number of hydrogen-bond acceptors (Lipinski definition) is 2. The maximum atomic E-state index is 11.2. The summed E-state index contributed by atoms with van der Waals surface area (Å²) in [7, 11) is 0. The number of anilines is 1. The van der Waals surface area contributed by atoms with Gasteiger partial charge in [-0.15, -0.1) is 0 Å². The van der Waals surface area contributed by atoms with Gasteiger partial charge in [0.05, 0.1) is 5.69 Å². The van der Waals surface area contributed by atoms with Crippen LogP contribution in [0.5, 0.6) is 5.75 Å². The van der Waals surface area contributed by atoms with E-state index in [1.165, 1.54) is 0 Å². The van der Waals surface area contributed by atoms with Gasteiger partial charge < -0.3 is 10.8 Å². The molecule has 0 atom stereocenters. The van der Waals surface area contributed by atoms with Gasteiger partial charge in [-0.25, -0.2) is 4.39 Å². The molecular formula is C9H9F6NO. The van der Waals surface area contributed by atoms with Crippen molar-refractivity contribution in [2.75, 3.05) is 12.4 Å². The highest BCUT2D eigenvalue weighted by molar-refractivity contribution is 5.50. The van der Waals surface area contributed by atoms with Crippen molar-refractivity contribution in [3.63, 3.8) is 0 Å². The Balaban J connectivity index is 0.000000302. The van der Waals surface area contributed by atoms with Crippen LogP contribution in [0.4, 0.5) is 32.0 Å². The maximum absolute atomic E-state index is 11.2. The molecule has 0 radical (unpaired) electrons. The molecule has 0 saturated heterocycles. The summed E-state index contributed by atoms with van der Waals surface area (Å²) < 4.78 is 65.6. The van der Waals surface area contributed by atoms with Crippen molar-refractivity contribution in [2.45, 2.75) is 12.1 Å². The highest BCUT2D eigenvalue weighted by Crippen LogP contribution is 2.35. The van der Waals surface area contributed by atoms with E-state index in [0.29, 0.717) is 5.69 Å². The third-order valence-corrected chi connectivity index (χ3v) is 1.52. The molecule has 0 unspecified atom stereocenters. The van der Waals surface area contributed by atoms with E-state index in [4.69, 9.17) is 10.8 Å². The van der Waals surface area contributed by atoms with Crippen LogP contribution in [0.3, 0.4) is 0 Å². The number of hydrogen-bond donors (Lipinski definition) is 2. The number of nitrogen functional groups attached to an aromatic ring is 1. The van der Waals surface area contributed by atoms with Crippen LogP contribution in [0.15, 0.2) is 24.3 Å². The standard InChI is InChI=1S/C6H7NO.C3H2F6/c7-5-3-1-2-4-6(5)8;4-1-2(5,6)3(7,8)9/h1-4,8H,7H2;1H2. The lowest BCUT2D eigenvalue weighted by Gasteiger charge is -2.14. The monoisotopic (exact) mass is 261 g/mol. The zero-order valence-corrected chi connectivity index (χ0v) is 8.31. The summed E-state index contributed by atoms with van der Waals surface area (Å²) in [5.74, 6) is -5.04. The topological polar surface area (TPSA) is 46.2 Å². The van der Waals surface area contributed by atoms with Gasteiger partial charge in [0.25, 0.3) is 0 Å². The number of para-hydroxylation sites is 2. The Morgan fingerprint density at radius 3 is 1.71 bits per heavy atom. The molecule has 0 aliphatic heterocycles. The maximum Gasteiger partial charge on any atom is 0.456 e. The molecule has 1 aromatic carbocycles. The lowest BCUT2D eigenvalue weighted by Crippen LogP contribution is -2.38. The van der Waals surface area contributed by atoms with Crippen molar-refractivity contribution in [3.8, 4) is 5.75 Å². The molecule has 1 aromatic rings. The fourth-order valence-corrected chi connectivity index (χ4v) is 0.563. The van der Waals surface area contributed by atoms with Crippen LogP contribution < -0.4 is 5.73 Å². The van der Waals surface area contributed by atoms with E-state index in [2.05, 4.69) is 0 Å². The van der Waals surface area contributed by atoms with Crippen LogP contribution in [0, 0.1) is 0 Å². The van der Waals surface area contributed by atoms with Crippen LogP contribution in [0.2, 0.25) is 0 Å². The molecule has 17 heavy (non-hydrogen) atoms. The summed E-state index contributed by atoms with van der Waals surface area (Å²) in [5, 5.41) is 8.79. The predicted octanol–water partition coefficient (Wildman–Crippen LogP) is 3.13. The van der Waals surface area contributed by atoms with E-state index >= 15 is 0 Å². The molecule has 1 rings (SSSR count). The molecule has 0 amide bonds. The molecule has 0 heterocycles. The van der Waals surface area contributed by atoms with Gasteiger partial charge in [-0.2, -0.15) is 22.0 Å². The summed E-state index contributed by atoms with van der Waals surface area (Å²) in [6, 6.07) is 6.70. The predicted molar refractivity (Wildman–Crippen MR) is 49.5 cm³/mol. The minimum absolute atomic E-state index is 0.146. The third-order valence-electron chi connectivity index (χ3n) is 1.52. The molecule has 8 heteroatoms. The molecule has 0 spiro atoms. The van der Waals surface area contributed by atoms with Crippen molar-refractivity contribution in [2.24, 2.45) is 0 Å². The van der Waals surface area contributed by atoms with Crippen LogP contribution in [0.25, 0.3) is 0 Å².